The summed E-state index contributed by atoms with van der Waals surface area (Å²) in [7, 11) is 0. The second-order valence-electron chi connectivity index (χ2n) is 3.96. The number of fused-ring (bicyclic) bond motifs is 1. The molecule has 2 rings (SSSR count). The zero-order valence-corrected chi connectivity index (χ0v) is 6.77. The van der Waals surface area contributed by atoms with Crippen LogP contribution in [0.4, 0.5) is 0 Å². The molecule has 0 radical (unpaired) electrons. The summed E-state index contributed by atoms with van der Waals surface area (Å²) in [6, 6.07) is 0. The minimum absolute atomic E-state index is 1.03. The van der Waals surface area contributed by atoms with Crippen molar-refractivity contribution in [2.75, 3.05) is 13.1 Å². The summed E-state index contributed by atoms with van der Waals surface area (Å²) < 4.78 is 0. The molecule has 0 aromatic heterocycles. The van der Waals surface area contributed by atoms with Crippen molar-refractivity contribution < 1.29 is 0 Å². The third-order valence-electron chi connectivity index (χ3n) is 3.36. The minimum Gasteiger partial charge on any atom is -0.317 e. The molecule has 0 aromatic carbocycles. The molecule has 3 unspecified atom stereocenters. The summed E-state index contributed by atoms with van der Waals surface area (Å²) in [6.07, 6.45) is 4.38. The molecule has 0 spiro atoms. The van der Waals surface area contributed by atoms with E-state index in [1.807, 2.05) is 0 Å². The van der Waals surface area contributed by atoms with Gasteiger partial charge in [0, 0.05) is 0 Å². The van der Waals surface area contributed by atoms with Crippen LogP contribution in [0.3, 0.4) is 0 Å². The third kappa shape index (κ3) is 0.968. The zero-order chi connectivity index (χ0) is 6.97. The maximum atomic E-state index is 3.47. The van der Waals surface area contributed by atoms with Gasteiger partial charge in [-0.05, 0) is 50.1 Å². The van der Waals surface area contributed by atoms with Crippen molar-refractivity contribution in [2.24, 2.45) is 17.8 Å². The molecule has 1 N–H and O–H groups in total. The van der Waals surface area contributed by atoms with Gasteiger partial charge in [0.25, 0.3) is 0 Å². The molecule has 3 atom stereocenters. The molecule has 2 aliphatic rings. The first-order valence-electron chi connectivity index (χ1n) is 4.58. The Labute approximate surface area is 63.2 Å². The number of nitrogens with one attached hydrogen (secondary N) is 1. The molecule has 1 heteroatoms. The van der Waals surface area contributed by atoms with Gasteiger partial charge in [-0.25, -0.2) is 0 Å². The van der Waals surface area contributed by atoms with Gasteiger partial charge in [0.1, 0.15) is 0 Å². The smallest absolute Gasteiger partial charge is 0.00461 e. The molecule has 1 saturated carbocycles. The van der Waals surface area contributed by atoms with Gasteiger partial charge in [0.05, 0.1) is 0 Å². The lowest BCUT2D eigenvalue weighted by molar-refractivity contribution is 0.0831. The third-order valence-corrected chi connectivity index (χ3v) is 3.36. The van der Waals surface area contributed by atoms with Gasteiger partial charge in [-0.1, -0.05) is 6.92 Å². The van der Waals surface area contributed by atoms with E-state index >= 15 is 0 Å². The predicted octanol–water partition coefficient (Wildman–Crippen LogP) is 1.64. The first-order chi connectivity index (χ1) is 4.88. The minimum atomic E-state index is 1.03. The Hall–Kier alpha value is -0.0400. The quantitative estimate of drug-likeness (QED) is 0.538. The average molecular weight is 139 g/mol. The molecule has 58 valence electrons. The predicted molar refractivity (Wildman–Crippen MR) is 42.9 cm³/mol. The fraction of sp³-hybridized carbons (Fsp3) is 1.00. The van der Waals surface area contributed by atoms with E-state index in [0.29, 0.717) is 0 Å². The molecule has 1 saturated heterocycles. The van der Waals surface area contributed by atoms with Crippen LogP contribution in [-0.4, -0.2) is 13.1 Å². The van der Waals surface area contributed by atoms with Crippen molar-refractivity contribution in [3.63, 3.8) is 0 Å². The lowest BCUT2D eigenvalue weighted by atomic mass is 9.63. The lowest BCUT2D eigenvalue weighted by Crippen LogP contribution is -2.34. The normalized spacial score (nSPS) is 47.1. The van der Waals surface area contributed by atoms with E-state index < -0.39 is 0 Å². The molecule has 2 fully saturated rings. The summed E-state index contributed by atoms with van der Waals surface area (Å²) in [4.78, 5) is 0. The molecule has 0 bridgehead atoms. The highest BCUT2D eigenvalue weighted by atomic mass is 14.9. The van der Waals surface area contributed by atoms with Crippen LogP contribution in [0.25, 0.3) is 0 Å². The molecule has 1 aliphatic heterocycles. The van der Waals surface area contributed by atoms with E-state index in [4.69, 9.17) is 0 Å². The Morgan fingerprint density at radius 2 is 2.00 bits per heavy atom. The molecule has 1 heterocycles. The van der Waals surface area contributed by atoms with Crippen molar-refractivity contribution >= 4 is 0 Å². The van der Waals surface area contributed by atoms with Crippen LogP contribution in [0.1, 0.15) is 26.2 Å². The Morgan fingerprint density at radius 3 is 2.80 bits per heavy atom. The van der Waals surface area contributed by atoms with Crippen LogP contribution in [-0.2, 0) is 0 Å². The van der Waals surface area contributed by atoms with Gasteiger partial charge in [0.15, 0.2) is 0 Å². The highest BCUT2D eigenvalue weighted by molar-refractivity contribution is 4.88. The van der Waals surface area contributed by atoms with Gasteiger partial charge in [0.2, 0.25) is 0 Å². The van der Waals surface area contributed by atoms with E-state index in [-0.39, 0.29) is 0 Å². The fourth-order valence-electron chi connectivity index (χ4n) is 2.63. The van der Waals surface area contributed by atoms with Crippen molar-refractivity contribution in [2.45, 2.75) is 26.2 Å². The topological polar surface area (TPSA) is 12.0 Å². The van der Waals surface area contributed by atoms with E-state index in [0.717, 1.165) is 17.8 Å². The van der Waals surface area contributed by atoms with Crippen molar-refractivity contribution in [3.8, 4) is 0 Å². The highest BCUT2D eigenvalue weighted by Crippen LogP contribution is 2.44. The fourth-order valence-corrected chi connectivity index (χ4v) is 2.63. The zero-order valence-electron chi connectivity index (χ0n) is 6.77. The van der Waals surface area contributed by atoms with Crippen molar-refractivity contribution in [3.05, 3.63) is 0 Å². The summed E-state index contributed by atoms with van der Waals surface area (Å²) in [5, 5.41) is 3.47. The van der Waals surface area contributed by atoms with Gasteiger partial charge >= 0.3 is 0 Å². The average Bonchev–Trinajstić information content (AvgIpc) is 2.09. The first-order valence-corrected chi connectivity index (χ1v) is 4.58. The SMILES string of the molecule is CC1CC2CCNCCC12. The number of rotatable bonds is 0. The standard InChI is InChI=1S/C9H17N/c1-7-6-8-2-4-10-5-3-9(7)8/h7-10H,2-6H2,1H3. The van der Waals surface area contributed by atoms with Gasteiger partial charge < -0.3 is 5.32 Å². The molecule has 1 nitrogen and oxygen atoms in total. The Bertz CT molecular complexity index is 122. The lowest BCUT2D eigenvalue weighted by Gasteiger charge is -2.42. The highest BCUT2D eigenvalue weighted by Gasteiger charge is 2.37. The van der Waals surface area contributed by atoms with E-state index in [1.54, 1.807) is 0 Å². The Kier molecular flexibility index (Phi) is 1.69. The van der Waals surface area contributed by atoms with E-state index in [9.17, 15) is 0 Å². The van der Waals surface area contributed by atoms with Crippen LogP contribution in [0.2, 0.25) is 0 Å². The largest absolute Gasteiger partial charge is 0.317 e. The monoisotopic (exact) mass is 139 g/mol. The van der Waals surface area contributed by atoms with Crippen LogP contribution >= 0.6 is 0 Å². The van der Waals surface area contributed by atoms with Crippen LogP contribution in [0, 0.1) is 17.8 Å². The Balaban J connectivity index is 1.93. The van der Waals surface area contributed by atoms with Gasteiger partial charge in [-0.2, -0.15) is 0 Å². The van der Waals surface area contributed by atoms with Gasteiger partial charge in [-0.15, -0.1) is 0 Å². The summed E-state index contributed by atoms with van der Waals surface area (Å²) in [5.41, 5.74) is 0. The maximum Gasteiger partial charge on any atom is -0.00461 e. The molecule has 0 amide bonds. The number of hydrogen-bond acceptors (Lipinski definition) is 1. The van der Waals surface area contributed by atoms with Crippen molar-refractivity contribution in [1.82, 2.24) is 5.32 Å². The molecular formula is C9H17N. The van der Waals surface area contributed by atoms with E-state index in [1.165, 1.54) is 32.4 Å². The summed E-state index contributed by atoms with van der Waals surface area (Å²) in [5.74, 6) is 3.20. The molecular weight excluding hydrogens is 122 g/mol. The van der Waals surface area contributed by atoms with E-state index in [2.05, 4.69) is 12.2 Å². The van der Waals surface area contributed by atoms with Crippen LogP contribution in [0.5, 0.6) is 0 Å². The second-order valence-corrected chi connectivity index (χ2v) is 3.96. The van der Waals surface area contributed by atoms with Crippen molar-refractivity contribution in [1.29, 1.82) is 0 Å². The number of hydrogen-bond donors (Lipinski definition) is 1. The first kappa shape index (κ1) is 6.66. The second kappa shape index (κ2) is 2.54. The Morgan fingerprint density at radius 1 is 1.20 bits per heavy atom. The van der Waals surface area contributed by atoms with Crippen LogP contribution < -0.4 is 5.32 Å². The summed E-state index contributed by atoms with van der Waals surface area (Å²) in [6.45, 7) is 4.95. The van der Waals surface area contributed by atoms with Gasteiger partial charge in [-0.3, -0.25) is 0 Å². The molecule has 10 heavy (non-hydrogen) atoms. The maximum absolute atomic E-state index is 3.47. The molecule has 0 aromatic rings. The van der Waals surface area contributed by atoms with Crippen LogP contribution in [0.15, 0.2) is 0 Å². The summed E-state index contributed by atoms with van der Waals surface area (Å²) >= 11 is 0. The molecule has 1 aliphatic carbocycles.